The monoisotopic (exact) mass is 1140 g/mol. The third kappa shape index (κ3) is 7.11. The summed E-state index contributed by atoms with van der Waals surface area (Å²) in [4.78, 5) is 18.7. The van der Waals surface area contributed by atoms with Crippen molar-refractivity contribution in [2.75, 3.05) is 73.6 Å². The molecule has 0 fully saturated rings. The fraction of sp³-hybridized carbons (Fsp3) is 0.231. The minimum atomic E-state index is -0.0457. The molecule has 10 aliphatic heterocycles. The van der Waals surface area contributed by atoms with Crippen molar-refractivity contribution in [2.24, 2.45) is 0 Å². The van der Waals surface area contributed by atoms with E-state index in [4.69, 9.17) is 4.74 Å². The minimum absolute atomic E-state index is 0.0308. The van der Waals surface area contributed by atoms with Crippen LogP contribution in [0.5, 0.6) is 11.5 Å². The predicted molar refractivity (Wildman–Crippen MR) is 368 cm³/mol. The Morgan fingerprint density at radius 1 is 0.273 bits per heavy atom. The number of ether oxygens (including phenoxy) is 1. The highest BCUT2D eigenvalue weighted by atomic mass is 16.5. The Morgan fingerprint density at radius 2 is 0.705 bits per heavy atom. The molecule has 0 atom stereocenters. The fourth-order valence-corrected chi connectivity index (χ4v) is 18.3. The van der Waals surface area contributed by atoms with E-state index in [0.717, 1.165) is 134 Å². The number of rotatable bonds is 5. The first-order chi connectivity index (χ1) is 43.7. The SMILES string of the molecule is c1ccc(N2c3cc4c(cc3B3c5ccc(N6CCCc7ccccc76)c6c5N(CCC6)c5cc(N6CCCc7ccccc76)cc2c53)B2c3ccc(N5CCCc6ccccc65)c5c3N(CCC5)c3cc(N5CCCc6ccccc65)cc(c32)O4)cc1. The summed E-state index contributed by atoms with van der Waals surface area (Å²) in [6.45, 7) is 5.86. The van der Waals surface area contributed by atoms with Gasteiger partial charge in [0.1, 0.15) is 11.5 Å². The molecule has 10 heteroatoms. The lowest BCUT2D eigenvalue weighted by Crippen LogP contribution is -2.65. The Bertz CT molecular complexity index is 4620. The molecule has 0 spiro atoms. The van der Waals surface area contributed by atoms with Crippen molar-refractivity contribution in [3.8, 4) is 11.5 Å². The average Bonchev–Trinajstić information content (AvgIpc) is 0.705. The van der Waals surface area contributed by atoms with Crippen LogP contribution < -0.4 is 71.8 Å². The van der Waals surface area contributed by atoms with Gasteiger partial charge in [0.15, 0.2) is 0 Å². The standard InChI is InChI=1S/C78H67B2N7O/c1-2-26-54(27-3-1)87-69-49-73-62(80-60-35-37-68(84-41-15-25-53-21-7-11-33-66(53)84)58-29-17-43-86(78(58)60)71-45-56(47-74(88-73)76(71)80)82-39-13-23-51-19-5-9-31-64(51)82)48-61(69)79-59-34-36-67(83-40-14-24-52-20-6-10-32-65(52)83)57-28-16-42-85(77(57)59)70-44-55(46-72(87)75(70)79)81-38-12-22-50-18-4-8-30-63(50)81/h1-11,18-21,26-27,30-37,44-49H,12-17,22-25,28-29,38-43H2. The van der Waals surface area contributed by atoms with Gasteiger partial charge in [0.25, 0.3) is 13.4 Å². The lowest BCUT2D eigenvalue weighted by atomic mass is 9.30. The van der Waals surface area contributed by atoms with Crippen molar-refractivity contribution in [1.82, 2.24) is 0 Å². The van der Waals surface area contributed by atoms with E-state index in [1.54, 1.807) is 0 Å². The van der Waals surface area contributed by atoms with Gasteiger partial charge in [-0.1, -0.05) is 109 Å². The molecule has 88 heavy (non-hydrogen) atoms. The lowest BCUT2D eigenvalue weighted by Gasteiger charge is -2.48. The van der Waals surface area contributed by atoms with Crippen molar-refractivity contribution in [3.05, 3.63) is 221 Å². The summed E-state index contributed by atoms with van der Waals surface area (Å²) >= 11 is 0. The van der Waals surface area contributed by atoms with E-state index >= 15 is 0 Å². The maximum Gasteiger partial charge on any atom is 0.256 e. The van der Waals surface area contributed by atoms with Crippen LogP contribution >= 0.6 is 0 Å². The third-order valence-corrected chi connectivity index (χ3v) is 21.9. The number of para-hydroxylation sites is 5. The summed E-state index contributed by atoms with van der Waals surface area (Å²) in [6.07, 6.45) is 13.3. The normalized spacial score (nSPS) is 17.5. The summed E-state index contributed by atoms with van der Waals surface area (Å²) in [6, 6.07) is 73.3. The zero-order chi connectivity index (χ0) is 57.3. The first kappa shape index (κ1) is 49.8. The molecule has 0 radical (unpaired) electrons. The molecule has 10 aliphatic rings. The van der Waals surface area contributed by atoms with E-state index in [1.807, 2.05) is 0 Å². The van der Waals surface area contributed by atoms with Crippen molar-refractivity contribution < 1.29 is 4.74 Å². The van der Waals surface area contributed by atoms with Gasteiger partial charge < -0.3 is 39.0 Å². The molecule has 8 nitrogen and oxygen atoms in total. The molecule has 0 bridgehead atoms. The molecule has 10 aromatic carbocycles. The van der Waals surface area contributed by atoms with Crippen LogP contribution in [0.4, 0.5) is 85.3 Å². The van der Waals surface area contributed by atoms with Gasteiger partial charge in [-0.2, -0.15) is 0 Å². The number of hydrogen-bond acceptors (Lipinski definition) is 8. The average molecular weight is 1140 g/mol. The summed E-state index contributed by atoms with van der Waals surface area (Å²) in [5.41, 5.74) is 36.6. The maximum absolute atomic E-state index is 7.79. The lowest BCUT2D eigenvalue weighted by molar-refractivity contribution is 0.487. The predicted octanol–water partition coefficient (Wildman–Crippen LogP) is 13.7. The smallest absolute Gasteiger partial charge is 0.256 e. The zero-order valence-electron chi connectivity index (χ0n) is 49.8. The van der Waals surface area contributed by atoms with E-state index in [9.17, 15) is 0 Å². The number of aryl methyl sites for hydroxylation is 4. The summed E-state index contributed by atoms with van der Waals surface area (Å²) < 4.78 is 7.79. The van der Waals surface area contributed by atoms with Crippen molar-refractivity contribution in [2.45, 2.75) is 77.0 Å². The number of hydrogen-bond donors (Lipinski definition) is 0. The van der Waals surface area contributed by atoms with Gasteiger partial charge in [0.2, 0.25) is 0 Å². The summed E-state index contributed by atoms with van der Waals surface area (Å²) in [7, 11) is 0. The highest BCUT2D eigenvalue weighted by molar-refractivity contribution is 7.02. The van der Waals surface area contributed by atoms with Gasteiger partial charge in [0, 0.05) is 137 Å². The molecular weight excluding hydrogens is 1070 g/mol. The second-order valence-electron chi connectivity index (χ2n) is 26.4. The Kier molecular flexibility index (Phi) is 10.8. The Balaban J connectivity index is 0.846. The quantitative estimate of drug-likeness (QED) is 0.158. The molecule has 0 unspecified atom stereocenters. The Morgan fingerprint density at radius 3 is 1.25 bits per heavy atom. The minimum Gasteiger partial charge on any atom is -0.458 e. The number of anilines is 15. The molecule has 0 saturated heterocycles. The zero-order valence-corrected chi connectivity index (χ0v) is 49.8. The molecular formula is C78H67B2N7O. The number of nitrogens with zero attached hydrogens (tertiary/aromatic N) is 7. The second kappa shape index (κ2) is 19.1. The highest BCUT2D eigenvalue weighted by Gasteiger charge is 2.50. The topological polar surface area (TPSA) is 31.9 Å². The first-order valence-corrected chi connectivity index (χ1v) is 33.0. The molecule has 20 rings (SSSR count). The van der Waals surface area contributed by atoms with E-state index in [0.29, 0.717) is 0 Å². The molecule has 426 valence electrons. The van der Waals surface area contributed by atoms with E-state index < -0.39 is 0 Å². The van der Waals surface area contributed by atoms with E-state index in [2.05, 4.69) is 222 Å². The van der Waals surface area contributed by atoms with Crippen LogP contribution in [0.3, 0.4) is 0 Å². The van der Waals surface area contributed by atoms with Crippen LogP contribution in [0.2, 0.25) is 0 Å². The fourth-order valence-electron chi connectivity index (χ4n) is 18.3. The Hall–Kier alpha value is -9.27. The number of benzene rings is 10. The molecule has 0 N–H and O–H groups in total. The molecule has 0 aliphatic carbocycles. The highest BCUT2D eigenvalue weighted by Crippen LogP contribution is 2.52. The summed E-state index contributed by atoms with van der Waals surface area (Å²) in [5, 5.41) is 0. The molecule has 10 aromatic rings. The van der Waals surface area contributed by atoms with Gasteiger partial charge >= 0.3 is 0 Å². The van der Waals surface area contributed by atoms with Crippen LogP contribution in [0.25, 0.3) is 0 Å². The van der Waals surface area contributed by atoms with Gasteiger partial charge in [-0.3, -0.25) is 0 Å². The van der Waals surface area contributed by atoms with Crippen LogP contribution in [0.15, 0.2) is 188 Å². The van der Waals surface area contributed by atoms with Gasteiger partial charge in [0.05, 0.1) is 0 Å². The maximum atomic E-state index is 7.79. The second-order valence-corrected chi connectivity index (χ2v) is 26.4. The van der Waals surface area contributed by atoms with Gasteiger partial charge in [-0.15, -0.1) is 0 Å². The van der Waals surface area contributed by atoms with E-state index in [1.165, 1.54) is 146 Å². The van der Waals surface area contributed by atoms with Crippen LogP contribution in [-0.4, -0.2) is 52.7 Å². The third-order valence-electron chi connectivity index (χ3n) is 21.9. The first-order valence-electron chi connectivity index (χ1n) is 33.0. The van der Waals surface area contributed by atoms with Crippen molar-refractivity contribution >= 4 is 132 Å². The van der Waals surface area contributed by atoms with Crippen LogP contribution in [-0.2, 0) is 38.5 Å². The van der Waals surface area contributed by atoms with Crippen molar-refractivity contribution in [1.29, 1.82) is 0 Å². The van der Waals surface area contributed by atoms with Crippen molar-refractivity contribution in [3.63, 3.8) is 0 Å². The number of fused-ring (bicyclic) bond motifs is 12. The largest absolute Gasteiger partial charge is 0.458 e. The van der Waals surface area contributed by atoms with E-state index in [-0.39, 0.29) is 13.4 Å². The van der Waals surface area contributed by atoms with Crippen LogP contribution in [0, 0.1) is 0 Å². The summed E-state index contributed by atoms with van der Waals surface area (Å²) in [5.74, 6) is 1.93. The van der Waals surface area contributed by atoms with Gasteiger partial charge in [-0.05, 0) is 210 Å². The van der Waals surface area contributed by atoms with Crippen LogP contribution in [0.1, 0.15) is 71.9 Å². The molecule has 10 heterocycles. The Labute approximate surface area is 517 Å². The van der Waals surface area contributed by atoms with Gasteiger partial charge in [-0.25, -0.2) is 0 Å². The molecule has 0 aromatic heterocycles. The molecule has 0 amide bonds. The molecule has 0 saturated carbocycles.